The number of nitrogens with zero attached hydrogens (tertiary/aromatic N) is 3. The largest absolute Gasteiger partial charge is 0.497 e. The van der Waals surface area contributed by atoms with Crippen LogP contribution in [0.2, 0.25) is 0 Å². The number of methoxy groups -OCH3 is 1. The fraction of sp³-hybridized carbons (Fsp3) is 0.375. The van der Waals surface area contributed by atoms with Gasteiger partial charge in [0.15, 0.2) is 5.82 Å². The van der Waals surface area contributed by atoms with Crippen molar-refractivity contribution >= 4 is 11.7 Å². The molecule has 0 saturated heterocycles. The molecule has 1 fully saturated rings. The first-order valence-electron chi connectivity index (χ1n) is 10.6. The van der Waals surface area contributed by atoms with Crippen LogP contribution in [0, 0.1) is 0 Å². The van der Waals surface area contributed by atoms with E-state index in [0.717, 1.165) is 50.0 Å². The maximum atomic E-state index is 13.4. The van der Waals surface area contributed by atoms with Crippen LogP contribution < -0.4 is 10.1 Å². The SMILES string of the molecule is COc1ccc(C2(C(=O)Nc3ccn(CCc4ccncc4)n3)CCCCC2)cc1. The first kappa shape index (κ1) is 20.1. The molecule has 6 nitrogen and oxygen atoms in total. The van der Waals surface area contributed by atoms with E-state index in [9.17, 15) is 4.79 Å². The maximum absolute atomic E-state index is 13.4. The molecule has 0 aliphatic heterocycles. The molecule has 1 saturated carbocycles. The van der Waals surface area contributed by atoms with Gasteiger partial charge in [0.05, 0.1) is 12.5 Å². The lowest BCUT2D eigenvalue weighted by Crippen LogP contribution is -2.42. The molecule has 1 aromatic carbocycles. The van der Waals surface area contributed by atoms with E-state index in [4.69, 9.17) is 4.74 Å². The fourth-order valence-electron chi connectivity index (χ4n) is 4.29. The summed E-state index contributed by atoms with van der Waals surface area (Å²) in [4.78, 5) is 17.5. The van der Waals surface area contributed by atoms with Crippen molar-refractivity contribution < 1.29 is 9.53 Å². The van der Waals surface area contributed by atoms with E-state index in [0.29, 0.717) is 5.82 Å². The van der Waals surface area contributed by atoms with E-state index in [-0.39, 0.29) is 5.91 Å². The number of hydrogen-bond donors (Lipinski definition) is 1. The molecule has 2 aromatic heterocycles. The molecule has 1 N–H and O–H groups in total. The molecule has 1 amide bonds. The van der Waals surface area contributed by atoms with Crippen LogP contribution in [-0.4, -0.2) is 27.8 Å². The quantitative estimate of drug-likeness (QED) is 0.635. The van der Waals surface area contributed by atoms with Gasteiger partial charge in [-0.05, 0) is 54.7 Å². The molecule has 1 aliphatic carbocycles. The van der Waals surface area contributed by atoms with E-state index >= 15 is 0 Å². The number of rotatable bonds is 7. The summed E-state index contributed by atoms with van der Waals surface area (Å²) in [5.74, 6) is 1.44. The average molecular weight is 405 g/mol. The third kappa shape index (κ3) is 4.37. The van der Waals surface area contributed by atoms with E-state index in [1.165, 1.54) is 12.0 Å². The zero-order chi connectivity index (χ0) is 20.8. The highest BCUT2D eigenvalue weighted by Gasteiger charge is 2.41. The van der Waals surface area contributed by atoms with Crippen molar-refractivity contribution in [3.8, 4) is 5.75 Å². The van der Waals surface area contributed by atoms with Gasteiger partial charge in [-0.15, -0.1) is 0 Å². The van der Waals surface area contributed by atoms with E-state index in [1.54, 1.807) is 19.5 Å². The highest BCUT2D eigenvalue weighted by Crippen LogP contribution is 2.41. The lowest BCUT2D eigenvalue weighted by atomic mass is 9.68. The molecular formula is C24H28N4O2. The number of hydrogen-bond acceptors (Lipinski definition) is 4. The van der Waals surface area contributed by atoms with Crippen LogP contribution in [0.5, 0.6) is 5.75 Å². The zero-order valence-corrected chi connectivity index (χ0v) is 17.4. The van der Waals surface area contributed by atoms with Gasteiger partial charge < -0.3 is 10.1 Å². The minimum absolute atomic E-state index is 0.0340. The topological polar surface area (TPSA) is 69.0 Å². The van der Waals surface area contributed by atoms with Crippen molar-refractivity contribution in [3.63, 3.8) is 0 Å². The lowest BCUT2D eigenvalue weighted by Gasteiger charge is -2.36. The monoisotopic (exact) mass is 404 g/mol. The molecule has 1 aliphatic rings. The standard InChI is InChI=1S/C24H28N4O2/c1-30-21-7-5-20(6-8-21)24(13-3-2-4-14-24)23(29)26-22-12-18-28(27-22)17-11-19-9-15-25-16-10-19/h5-10,12,15-16,18H,2-4,11,13-14,17H2,1H3,(H,26,27,29). The molecular weight excluding hydrogens is 376 g/mol. The summed E-state index contributed by atoms with van der Waals surface area (Å²) >= 11 is 0. The summed E-state index contributed by atoms with van der Waals surface area (Å²) in [6.45, 7) is 0.753. The van der Waals surface area contributed by atoms with E-state index in [1.807, 2.05) is 53.3 Å². The first-order chi connectivity index (χ1) is 14.7. The number of aryl methyl sites for hydroxylation is 2. The minimum atomic E-state index is -0.509. The van der Waals surface area contributed by atoms with E-state index in [2.05, 4.69) is 15.4 Å². The van der Waals surface area contributed by atoms with Gasteiger partial charge in [0.25, 0.3) is 0 Å². The van der Waals surface area contributed by atoms with Gasteiger partial charge in [0.1, 0.15) is 5.75 Å². The summed E-state index contributed by atoms with van der Waals surface area (Å²) in [6, 6.07) is 13.8. The van der Waals surface area contributed by atoms with Crippen molar-refractivity contribution in [1.82, 2.24) is 14.8 Å². The number of carbonyl (C=O) groups is 1. The van der Waals surface area contributed by atoms with Crippen LogP contribution in [-0.2, 0) is 23.2 Å². The Morgan fingerprint density at radius 2 is 1.80 bits per heavy atom. The predicted molar refractivity (Wildman–Crippen MR) is 117 cm³/mol. The molecule has 0 spiro atoms. The number of nitrogens with one attached hydrogen (secondary N) is 1. The van der Waals surface area contributed by atoms with Crippen LogP contribution in [0.25, 0.3) is 0 Å². The molecule has 0 atom stereocenters. The number of carbonyl (C=O) groups excluding carboxylic acids is 1. The van der Waals surface area contributed by atoms with E-state index < -0.39 is 5.41 Å². The Morgan fingerprint density at radius 3 is 2.50 bits per heavy atom. The number of amides is 1. The van der Waals surface area contributed by atoms with Gasteiger partial charge in [-0.3, -0.25) is 14.5 Å². The normalized spacial score (nSPS) is 15.5. The number of ether oxygens (including phenoxy) is 1. The van der Waals surface area contributed by atoms with Crippen LogP contribution in [0.3, 0.4) is 0 Å². The smallest absolute Gasteiger partial charge is 0.236 e. The highest BCUT2D eigenvalue weighted by atomic mass is 16.5. The zero-order valence-electron chi connectivity index (χ0n) is 17.4. The minimum Gasteiger partial charge on any atom is -0.497 e. The molecule has 4 rings (SSSR count). The summed E-state index contributed by atoms with van der Waals surface area (Å²) in [7, 11) is 1.66. The molecule has 0 bridgehead atoms. The van der Waals surface area contributed by atoms with Gasteiger partial charge in [-0.25, -0.2) is 0 Å². The Balaban J connectivity index is 1.47. The molecule has 0 radical (unpaired) electrons. The van der Waals surface area contributed by atoms with Crippen molar-refractivity contribution in [1.29, 1.82) is 0 Å². The second-order valence-electron chi connectivity index (χ2n) is 7.89. The molecule has 3 aromatic rings. The lowest BCUT2D eigenvalue weighted by molar-refractivity contribution is -0.122. The third-order valence-electron chi connectivity index (χ3n) is 6.05. The Labute approximate surface area is 177 Å². The Hall–Kier alpha value is -3.15. The van der Waals surface area contributed by atoms with Gasteiger partial charge >= 0.3 is 0 Å². The fourth-order valence-corrected chi connectivity index (χ4v) is 4.29. The van der Waals surface area contributed by atoms with Crippen molar-refractivity contribution in [2.24, 2.45) is 0 Å². The van der Waals surface area contributed by atoms with Gasteiger partial charge in [0, 0.05) is 31.2 Å². The predicted octanol–water partition coefficient (Wildman–Crippen LogP) is 4.37. The summed E-state index contributed by atoms with van der Waals surface area (Å²) in [5, 5.41) is 7.65. The number of anilines is 1. The number of pyridine rings is 1. The third-order valence-corrected chi connectivity index (χ3v) is 6.05. The molecule has 156 valence electrons. The van der Waals surface area contributed by atoms with Crippen LogP contribution in [0.15, 0.2) is 61.1 Å². The van der Waals surface area contributed by atoms with Crippen LogP contribution in [0.1, 0.15) is 43.2 Å². The molecule has 2 heterocycles. The van der Waals surface area contributed by atoms with Crippen LogP contribution in [0.4, 0.5) is 5.82 Å². The second kappa shape index (κ2) is 9.11. The summed E-state index contributed by atoms with van der Waals surface area (Å²) in [6.07, 6.45) is 11.4. The Morgan fingerprint density at radius 1 is 1.07 bits per heavy atom. The Kier molecular flexibility index (Phi) is 6.12. The van der Waals surface area contributed by atoms with Crippen molar-refractivity contribution in [2.45, 2.75) is 50.5 Å². The summed E-state index contributed by atoms with van der Waals surface area (Å²) in [5.41, 5.74) is 1.76. The van der Waals surface area contributed by atoms with Gasteiger partial charge in [-0.2, -0.15) is 5.10 Å². The average Bonchev–Trinajstić information content (AvgIpc) is 3.26. The van der Waals surface area contributed by atoms with Crippen molar-refractivity contribution in [2.75, 3.05) is 12.4 Å². The molecule has 30 heavy (non-hydrogen) atoms. The first-order valence-corrected chi connectivity index (χ1v) is 10.6. The molecule has 6 heteroatoms. The number of aromatic nitrogens is 3. The van der Waals surface area contributed by atoms with Gasteiger partial charge in [0.2, 0.25) is 5.91 Å². The highest BCUT2D eigenvalue weighted by molar-refractivity contribution is 5.98. The number of benzene rings is 1. The molecule has 0 unspecified atom stereocenters. The van der Waals surface area contributed by atoms with Gasteiger partial charge in [-0.1, -0.05) is 31.4 Å². The second-order valence-corrected chi connectivity index (χ2v) is 7.89. The summed E-state index contributed by atoms with van der Waals surface area (Å²) < 4.78 is 7.16. The Bertz CT molecular complexity index is 960. The van der Waals surface area contributed by atoms with Crippen LogP contribution >= 0.6 is 0 Å². The maximum Gasteiger partial charge on any atom is 0.236 e. The van der Waals surface area contributed by atoms with Crippen molar-refractivity contribution in [3.05, 3.63) is 72.2 Å².